The van der Waals surface area contributed by atoms with Gasteiger partial charge in [0.15, 0.2) is 0 Å². The number of amides is 2. The Morgan fingerprint density at radius 1 is 1.28 bits per heavy atom. The zero-order valence-corrected chi connectivity index (χ0v) is 16.9. The summed E-state index contributed by atoms with van der Waals surface area (Å²) in [6.45, 7) is 3.39. The van der Waals surface area contributed by atoms with Crippen LogP contribution < -0.4 is 5.32 Å². The number of ether oxygens (including phenoxy) is 2. The molecule has 7 heteroatoms. The van der Waals surface area contributed by atoms with Crippen LogP contribution in [0.2, 0.25) is 0 Å². The number of carbonyl (C=O) groups excluding carboxylic acids is 2. The number of hydrogen-bond donors (Lipinski definition) is 1. The Morgan fingerprint density at radius 2 is 2.10 bits per heavy atom. The number of hydrogen-bond acceptors (Lipinski definition) is 4. The zero-order chi connectivity index (χ0) is 20.4. The molecular weight excluding hydrogens is 375 g/mol. The summed E-state index contributed by atoms with van der Waals surface area (Å²) in [7, 11) is 0. The molecule has 2 amide bonds. The monoisotopic (exact) mass is 404 g/mol. The van der Waals surface area contributed by atoms with E-state index in [4.69, 9.17) is 9.47 Å². The van der Waals surface area contributed by atoms with Crippen molar-refractivity contribution in [2.75, 3.05) is 19.8 Å². The Bertz CT molecular complexity index is 767. The molecule has 3 aliphatic rings. The van der Waals surface area contributed by atoms with Crippen molar-refractivity contribution in [3.8, 4) is 0 Å². The summed E-state index contributed by atoms with van der Waals surface area (Å²) in [4.78, 5) is 28.0. The van der Waals surface area contributed by atoms with Crippen LogP contribution in [0.25, 0.3) is 0 Å². The van der Waals surface area contributed by atoms with Crippen molar-refractivity contribution in [2.24, 2.45) is 5.92 Å². The van der Waals surface area contributed by atoms with Gasteiger partial charge < -0.3 is 14.8 Å². The molecular formula is C22H29FN2O4. The minimum Gasteiger partial charge on any atom is -0.376 e. The fourth-order valence-electron chi connectivity index (χ4n) is 4.91. The van der Waals surface area contributed by atoms with E-state index in [1.54, 1.807) is 12.1 Å². The number of carbonyl (C=O) groups is 2. The smallest absolute Gasteiger partial charge is 0.259 e. The standard InChI is InChI=1S/C22H29FN2O4/c1-15-6-4-10-22(12-15)25(21(27)17-8-2-3-9-18(17)23)19(14-29-22)20(26)24-13-16-7-5-11-28-16/h2-3,8-9,15-16,19H,4-7,10-14H2,1H3,(H,24,26)/t15-,16-,19-,22-/m1/s1. The average Bonchev–Trinajstić information content (AvgIpc) is 3.34. The third kappa shape index (κ3) is 4.03. The maximum absolute atomic E-state index is 14.4. The van der Waals surface area contributed by atoms with Crippen molar-refractivity contribution in [1.82, 2.24) is 10.2 Å². The van der Waals surface area contributed by atoms with Gasteiger partial charge in [-0.2, -0.15) is 0 Å². The SMILES string of the molecule is C[C@@H]1CCC[C@]2(C1)OC[C@H](C(=O)NC[C@H]1CCCO1)N2C(=O)c1ccccc1F. The van der Waals surface area contributed by atoms with Crippen molar-refractivity contribution in [2.45, 2.75) is 63.3 Å². The molecule has 6 nitrogen and oxygen atoms in total. The third-order valence-electron chi connectivity index (χ3n) is 6.35. The molecule has 0 aromatic heterocycles. The molecule has 4 rings (SSSR count). The van der Waals surface area contributed by atoms with E-state index >= 15 is 0 Å². The van der Waals surface area contributed by atoms with E-state index in [0.717, 1.165) is 25.7 Å². The Balaban J connectivity index is 1.59. The lowest BCUT2D eigenvalue weighted by Gasteiger charge is -2.43. The molecule has 1 saturated carbocycles. The minimum atomic E-state index is -0.844. The fourth-order valence-corrected chi connectivity index (χ4v) is 4.91. The van der Waals surface area contributed by atoms with Gasteiger partial charge in [-0.3, -0.25) is 14.5 Å². The first-order valence-electron chi connectivity index (χ1n) is 10.6. The van der Waals surface area contributed by atoms with E-state index in [1.807, 2.05) is 0 Å². The lowest BCUT2D eigenvalue weighted by Crippen LogP contribution is -2.57. The molecule has 1 aromatic carbocycles. The van der Waals surface area contributed by atoms with Crippen LogP contribution in [0.1, 0.15) is 55.8 Å². The summed E-state index contributed by atoms with van der Waals surface area (Å²) in [6, 6.07) is 5.16. The first-order chi connectivity index (χ1) is 14.0. The first kappa shape index (κ1) is 20.3. The van der Waals surface area contributed by atoms with E-state index in [1.165, 1.54) is 17.0 Å². The van der Waals surface area contributed by atoms with Crippen LogP contribution in [0.15, 0.2) is 24.3 Å². The quantitative estimate of drug-likeness (QED) is 0.838. The molecule has 1 N–H and O–H groups in total. The number of rotatable bonds is 4. The first-order valence-corrected chi connectivity index (χ1v) is 10.6. The van der Waals surface area contributed by atoms with E-state index in [2.05, 4.69) is 12.2 Å². The number of benzene rings is 1. The molecule has 0 radical (unpaired) electrons. The van der Waals surface area contributed by atoms with Gasteiger partial charge >= 0.3 is 0 Å². The van der Waals surface area contributed by atoms with Gasteiger partial charge in [-0.05, 0) is 50.2 Å². The van der Waals surface area contributed by atoms with Crippen molar-refractivity contribution >= 4 is 11.8 Å². The molecule has 0 unspecified atom stereocenters. The van der Waals surface area contributed by atoms with E-state index in [0.29, 0.717) is 31.9 Å². The van der Waals surface area contributed by atoms with Crippen LogP contribution in [0.5, 0.6) is 0 Å². The summed E-state index contributed by atoms with van der Waals surface area (Å²) >= 11 is 0. The second kappa shape index (κ2) is 8.40. The normalized spacial score (nSPS) is 31.9. The van der Waals surface area contributed by atoms with Crippen molar-refractivity contribution < 1.29 is 23.5 Å². The van der Waals surface area contributed by atoms with Crippen LogP contribution in [-0.4, -0.2) is 54.3 Å². The number of nitrogens with one attached hydrogen (secondary N) is 1. The molecule has 2 aliphatic heterocycles. The largest absolute Gasteiger partial charge is 0.376 e. The highest BCUT2D eigenvalue weighted by molar-refractivity contribution is 5.98. The molecule has 1 spiro atoms. The number of nitrogens with zero attached hydrogens (tertiary/aromatic N) is 1. The van der Waals surface area contributed by atoms with Crippen LogP contribution in [0, 0.1) is 11.7 Å². The van der Waals surface area contributed by atoms with Crippen LogP contribution in [-0.2, 0) is 14.3 Å². The molecule has 29 heavy (non-hydrogen) atoms. The third-order valence-corrected chi connectivity index (χ3v) is 6.35. The predicted octanol–water partition coefficient (Wildman–Crippen LogP) is 2.87. The van der Waals surface area contributed by atoms with Gasteiger partial charge in [-0.15, -0.1) is 0 Å². The second-order valence-electron chi connectivity index (χ2n) is 8.51. The fraction of sp³-hybridized carbons (Fsp3) is 0.636. The van der Waals surface area contributed by atoms with E-state index in [-0.39, 0.29) is 24.2 Å². The lowest BCUT2D eigenvalue weighted by molar-refractivity contribution is -0.128. The molecule has 3 fully saturated rings. The predicted molar refractivity (Wildman–Crippen MR) is 105 cm³/mol. The highest BCUT2D eigenvalue weighted by atomic mass is 19.1. The Hall–Kier alpha value is -1.99. The molecule has 1 aliphatic carbocycles. The Morgan fingerprint density at radius 3 is 2.83 bits per heavy atom. The van der Waals surface area contributed by atoms with Crippen LogP contribution in [0.3, 0.4) is 0 Å². The topological polar surface area (TPSA) is 67.9 Å². The highest BCUT2D eigenvalue weighted by Gasteiger charge is 2.54. The van der Waals surface area contributed by atoms with E-state index in [9.17, 15) is 14.0 Å². The van der Waals surface area contributed by atoms with Gasteiger partial charge in [0.1, 0.15) is 17.6 Å². The van der Waals surface area contributed by atoms with Crippen molar-refractivity contribution in [3.63, 3.8) is 0 Å². The van der Waals surface area contributed by atoms with Crippen molar-refractivity contribution in [1.29, 1.82) is 0 Å². The van der Waals surface area contributed by atoms with Crippen molar-refractivity contribution in [3.05, 3.63) is 35.6 Å². The van der Waals surface area contributed by atoms with Gasteiger partial charge in [-0.25, -0.2) is 4.39 Å². The molecule has 4 atom stereocenters. The minimum absolute atomic E-state index is 0.0145. The average molecular weight is 404 g/mol. The van der Waals surface area contributed by atoms with Gasteiger partial charge in [0, 0.05) is 13.2 Å². The molecule has 1 aromatic rings. The molecule has 0 bridgehead atoms. The van der Waals surface area contributed by atoms with E-state index < -0.39 is 23.5 Å². The molecule has 2 heterocycles. The summed E-state index contributed by atoms with van der Waals surface area (Å²) in [5.41, 5.74) is -0.865. The van der Waals surface area contributed by atoms with Gasteiger partial charge in [0.05, 0.1) is 18.3 Å². The summed E-state index contributed by atoms with van der Waals surface area (Å²) in [5, 5.41) is 2.92. The van der Waals surface area contributed by atoms with Crippen LogP contribution in [0.4, 0.5) is 4.39 Å². The zero-order valence-electron chi connectivity index (χ0n) is 16.9. The number of halogens is 1. The highest BCUT2D eigenvalue weighted by Crippen LogP contribution is 2.43. The lowest BCUT2D eigenvalue weighted by atomic mass is 9.83. The maximum atomic E-state index is 14.4. The van der Waals surface area contributed by atoms with Crippen LogP contribution >= 0.6 is 0 Å². The van der Waals surface area contributed by atoms with Gasteiger partial charge in [-0.1, -0.05) is 25.5 Å². The maximum Gasteiger partial charge on any atom is 0.259 e. The second-order valence-corrected chi connectivity index (χ2v) is 8.51. The summed E-state index contributed by atoms with van der Waals surface area (Å²) < 4.78 is 26.1. The van der Waals surface area contributed by atoms with Gasteiger partial charge in [0.25, 0.3) is 5.91 Å². The Kier molecular flexibility index (Phi) is 5.88. The van der Waals surface area contributed by atoms with Gasteiger partial charge in [0.2, 0.25) is 5.91 Å². The molecule has 2 saturated heterocycles. The summed E-state index contributed by atoms with van der Waals surface area (Å²) in [5.74, 6) is -0.956. The summed E-state index contributed by atoms with van der Waals surface area (Å²) in [6.07, 6.45) is 5.21. The Labute approximate surface area is 170 Å². The molecule has 158 valence electrons.